The van der Waals surface area contributed by atoms with Crippen LogP contribution in [0.2, 0.25) is 0 Å². The molecule has 6 nitrogen and oxygen atoms in total. The van der Waals surface area contributed by atoms with Crippen LogP contribution in [0.4, 0.5) is 0 Å². The topological polar surface area (TPSA) is 86.5 Å². The van der Waals surface area contributed by atoms with Gasteiger partial charge in [0.15, 0.2) is 0 Å². The monoisotopic (exact) mass is 321 g/mol. The first-order chi connectivity index (χ1) is 11.0. The molecule has 2 rings (SSSR count). The first kappa shape index (κ1) is 17.7. The minimum Gasteiger partial charge on any atom is -0.489 e. The molecule has 0 saturated heterocycles. The lowest BCUT2D eigenvalue weighted by atomic mass is 9.92. The Hall–Kier alpha value is -1.66. The van der Waals surface area contributed by atoms with E-state index < -0.39 is 6.04 Å². The fraction of sp³-hybridized carbons (Fsp3) is 0.647. The second kappa shape index (κ2) is 8.26. The summed E-state index contributed by atoms with van der Waals surface area (Å²) in [5, 5.41) is 3.02. The Morgan fingerprint density at radius 1 is 1.39 bits per heavy atom. The van der Waals surface area contributed by atoms with Crippen molar-refractivity contribution in [1.29, 1.82) is 0 Å². The number of methoxy groups -OCH3 is 1. The molecule has 0 bridgehead atoms. The number of carbonyl (C=O) groups is 1. The normalized spacial score (nSPS) is 23.8. The van der Waals surface area contributed by atoms with Crippen LogP contribution in [-0.2, 0) is 9.53 Å². The summed E-state index contributed by atoms with van der Waals surface area (Å²) in [6.07, 6.45) is 5.26. The Labute approximate surface area is 137 Å². The fourth-order valence-corrected chi connectivity index (χ4v) is 2.76. The quantitative estimate of drug-likeness (QED) is 0.830. The fourth-order valence-electron chi connectivity index (χ4n) is 2.76. The van der Waals surface area contributed by atoms with Crippen molar-refractivity contribution >= 4 is 5.91 Å². The molecule has 1 fully saturated rings. The molecule has 1 amide bonds. The molecule has 0 aromatic carbocycles. The molecule has 23 heavy (non-hydrogen) atoms. The van der Waals surface area contributed by atoms with Crippen molar-refractivity contribution in [2.45, 2.75) is 63.8 Å². The maximum Gasteiger partial charge on any atom is 0.239 e. The first-order valence-electron chi connectivity index (χ1n) is 8.18. The number of hydrogen-bond donors (Lipinski definition) is 2. The molecular weight excluding hydrogens is 294 g/mol. The Morgan fingerprint density at radius 3 is 2.70 bits per heavy atom. The van der Waals surface area contributed by atoms with Crippen LogP contribution in [0.3, 0.4) is 0 Å². The van der Waals surface area contributed by atoms with E-state index in [1.54, 1.807) is 20.2 Å². The van der Waals surface area contributed by atoms with Gasteiger partial charge in [-0.25, -0.2) is 0 Å². The van der Waals surface area contributed by atoms with Crippen molar-refractivity contribution in [2.24, 2.45) is 5.73 Å². The van der Waals surface area contributed by atoms with Crippen LogP contribution in [0.5, 0.6) is 5.75 Å². The number of carbonyl (C=O) groups excluding carboxylic acids is 1. The lowest BCUT2D eigenvalue weighted by Crippen LogP contribution is -2.51. The van der Waals surface area contributed by atoms with Crippen LogP contribution in [-0.4, -0.2) is 42.3 Å². The second-order valence-corrected chi connectivity index (χ2v) is 6.15. The van der Waals surface area contributed by atoms with Gasteiger partial charge in [-0.1, -0.05) is 0 Å². The highest BCUT2D eigenvalue weighted by molar-refractivity contribution is 5.82. The average Bonchev–Trinajstić information content (AvgIpc) is 2.57. The van der Waals surface area contributed by atoms with E-state index in [4.69, 9.17) is 15.2 Å². The van der Waals surface area contributed by atoms with E-state index >= 15 is 0 Å². The summed E-state index contributed by atoms with van der Waals surface area (Å²) in [7, 11) is 1.56. The number of rotatable bonds is 6. The van der Waals surface area contributed by atoms with E-state index in [0.717, 1.165) is 37.1 Å². The molecule has 1 heterocycles. The zero-order chi connectivity index (χ0) is 16.8. The zero-order valence-electron chi connectivity index (χ0n) is 14.1. The van der Waals surface area contributed by atoms with Crippen molar-refractivity contribution in [1.82, 2.24) is 10.3 Å². The van der Waals surface area contributed by atoms with Gasteiger partial charge in [0.1, 0.15) is 11.8 Å². The molecule has 6 heteroatoms. The first-order valence-corrected chi connectivity index (χ1v) is 8.18. The minimum atomic E-state index is -0.632. The SMILES string of the molecule is CO[C@H](C)[C@H](N)C(=O)NC1CCC(Oc2cccnc2C)CC1. The maximum absolute atomic E-state index is 12.1. The van der Waals surface area contributed by atoms with Gasteiger partial charge in [-0.3, -0.25) is 9.78 Å². The van der Waals surface area contributed by atoms with Crippen LogP contribution in [0.15, 0.2) is 18.3 Å². The number of pyridine rings is 1. The highest BCUT2D eigenvalue weighted by atomic mass is 16.5. The standard InChI is InChI=1S/C17H27N3O3/c1-11-15(5-4-10-19-11)23-14-8-6-13(7-9-14)20-17(21)16(18)12(2)22-3/h4-5,10,12-14,16H,6-9,18H2,1-3H3,(H,20,21)/t12-,13?,14?,16+/m1/s1. The Bertz CT molecular complexity index is 516. The number of nitrogens with two attached hydrogens (primary N) is 1. The maximum atomic E-state index is 12.1. The average molecular weight is 321 g/mol. The minimum absolute atomic E-state index is 0.146. The predicted octanol–water partition coefficient (Wildman–Crippen LogP) is 1.56. The summed E-state index contributed by atoms with van der Waals surface area (Å²) < 4.78 is 11.1. The van der Waals surface area contributed by atoms with Gasteiger partial charge in [0.25, 0.3) is 0 Å². The Kier molecular flexibility index (Phi) is 6.36. The van der Waals surface area contributed by atoms with E-state index in [1.807, 2.05) is 19.1 Å². The molecule has 1 aromatic rings. The van der Waals surface area contributed by atoms with E-state index in [9.17, 15) is 4.79 Å². The molecule has 128 valence electrons. The van der Waals surface area contributed by atoms with E-state index in [2.05, 4.69) is 10.3 Å². The van der Waals surface area contributed by atoms with E-state index in [1.165, 1.54) is 0 Å². The summed E-state index contributed by atoms with van der Waals surface area (Å²) in [5.74, 6) is 0.697. The predicted molar refractivity (Wildman–Crippen MR) is 88.2 cm³/mol. The van der Waals surface area contributed by atoms with Gasteiger partial charge in [-0.05, 0) is 51.7 Å². The lowest BCUT2D eigenvalue weighted by Gasteiger charge is -2.31. The van der Waals surface area contributed by atoms with Crippen LogP contribution in [0, 0.1) is 6.92 Å². The van der Waals surface area contributed by atoms with E-state index in [0.29, 0.717) is 0 Å². The highest BCUT2D eigenvalue weighted by Gasteiger charge is 2.27. The Morgan fingerprint density at radius 2 is 2.09 bits per heavy atom. The van der Waals surface area contributed by atoms with Gasteiger partial charge in [0.2, 0.25) is 5.91 Å². The van der Waals surface area contributed by atoms with Crippen LogP contribution in [0.1, 0.15) is 38.3 Å². The highest BCUT2D eigenvalue weighted by Crippen LogP contribution is 2.25. The molecule has 1 aromatic heterocycles. The lowest BCUT2D eigenvalue weighted by molar-refractivity contribution is -0.126. The third kappa shape index (κ3) is 4.91. The Balaban J connectivity index is 1.78. The van der Waals surface area contributed by atoms with Gasteiger partial charge >= 0.3 is 0 Å². The number of amides is 1. The van der Waals surface area contributed by atoms with Crippen LogP contribution < -0.4 is 15.8 Å². The molecule has 0 aliphatic heterocycles. The van der Waals surface area contributed by atoms with Gasteiger partial charge in [-0.15, -0.1) is 0 Å². The third-order valence-corrected chi connectivity index (χ3v) is 4.45. The molecule has 0 unspecified atom stereocenters. The molecular formula is C17H27N3O3. The van der Waals surface area contributed by atoms with Gasteiger partial charge in [0, 0.05) is 19.3 Å². The summed E-state index contributed by atoms with van der Waals surface area (Å²) in [4.78, 5) is 16.3. The number of hydrogen-bond acceptors (Lipinski definition) is 5. The van der Waals surface area contributed by atoms with Gasteiger partial charge in [0.05, 0.1) is 17.9 Å². The van der Waals surface area contributed by atoms with Crippen molar-refractivity contribution in [3.05, 3.63) is 24.0 Å². The van der Waals surface area contributed by atoms with Crippen molar-refractivity contribution in [3.63, 3.8) is 0 Å². The zero-order valence-corrected chi connectivity index (χ0v) is 14.1. The van der Waals surface area contributed by atoms with Gasteiger partial charge in [-0.2, -0.15) is 0 Å². The van der Waals surface area contributed by atoms with Crippen molar-refractivity contribution < 1.29 is 14.3 Å². The van der Waals surface area contributed by atoms with Crippen LogP contribution >= 0.6 is 0 Å². The summed E-state index contributed by atoms with van der Waals surface area (Å²) in [6, 6.07) is 3.35. The summed E-state index contributed by atoms with van der Waals surface area (Å²) in [5.41, 5.74) is 6.77. The molecule has 2 atom stereocenters. The van der Waals surface area contributed by atoms with Gasteiger partial charge < -0.3 is 20.5 Å². The molecule has 0 radical (unpaired) electrons. The number of aryl methyl sites for hydroxylation is 1. The smallest absolute Gasteiger partial charge is 0.239 e. The summed E-state index contributed by atoms with van der Waals surface area (Å²) >= 11 is 0. The third-order valence-electron chi connectivity index (χ3n) is 4.45. The molecule has 1 aliphatic carbocycles. The second-order valence-electron chi connectivity index (χ2n) is 6.15. The number of ether oxygens (including phenoxy) is 2. The van der Waals surface area contributed by atoms with Crippen LogP contribution in [0.25, 0.3) is 0 Å². The van der Waals surface area contributed by atoms with Crippen molar-refractivity contribution in [3.8, 4) is 5.75 Å². The molecule has 1 saturated carbocycles. The van der Waals surface area contributed by atoms with E-state index in [-0.39, 0.29) is 24.2 Å². The number of aromatic nitrogens is 1. The molecule has 3 N–H and O–H groups in total. The number of nitrogens with zero attached hydrogens (tertiary/aromatic N) is 1. The largest absolute Gasteiger partial charge is 0.489 e. The molecule has 1 aliphatic rings. The summed E-state index contributed by atoms with van der Waals surface area (Å²) in [6.45, 7) is 3.74. The molecule has 0 spiro atoms. The number of nitrogens with one attached hydrogen (secondary N) is 1. The van der Waals surface area contributed by atoms with Crippen molar-refractivity contribution in [2.75, 3.05) is 7.11 Å².